The number of carboxylic acid groups (broad SMARTS) is 1. The summed E-state index contributed by atoms with van der Waals surface area (Å²) in [4.78, 5) is 29.6. The fraction of sp³-hybridized carbons (Fsp3) is 0.412. The maximum absolute atomic E-state index is 11.6. The largest absolute Gasteiger partial charge is 0.478 e. The molecule has 28 heavy (non-hydrogen) atoms. The zero-order valence-electron chi connectivity index (χ0n) is 15.4. The Hall–Kier alpha value is -2.60. The second kappa shape index (κ2) is 7.43. The predicted octanol–water partition coefficient (Wildman–Crippen LogP) is 1.12. The molecule has 0 aliphatic carbocycles. The van der Waals surface area contributed by atoms with E-state index in [-0.39, 0.29) is 11.7 Å². The number of aromatic nitrogens is 3. The molecular formula is C17H20N6O4S. The number of rotatable bonds is 6. The molecule has 3 N–H and O–H groups in total. The third kappa shape index (κ3) is 3.22. The van der Waals surface area contributed by atoms with Crippen LogP contribution in [0.1, 0.15) is 24.2 Å². The van der Waals surface area contributed by atoms with E-state index in [1.165, 1.54) is 12.5 Å². The van der Waals surface area contributed by atoms with Crippen LogP contribution in [-0.4, -0.2) is 56.3 Å². The van der Waals surface area contributed by atoms with Crippen molar-refractivity contribution in [3.05, 3.63) is 35.3 Å². The van der Waals surface area contributed by atoms with Crippen LogP contribution in [0.5, 0.6) is 0 Å². The summed E-state index contributed by atoms with van der Waals surface area (Å²) in [6.45, 7) is 5.92. The first-order chi connectivity index (χ1) is 13.5. The first kappa shape index (κ1) is 18.7. The summed E-state index contributed by atoms with van der Waals surface area (Å²) in [7, 11) is 0. The molecule has 4 heterocycles. The van der Waals surface area contributed by atoms with E-state index in [1.54, 1.807) is 4.90 Å². The minimum absolute atomic E-state index is 0.0847. The van der Waals surface area contributed by atoms with Crippen LogP contribution >= 0.6 is 11.5 Å². The highest BCUT2D eigenvalue weighted by molar-refractivity contribution is 7.09. The van der Waals surface area contributed by atoms with Crippen LogP contribution in [-0.2, 0) is 9.63 Å². The van der Waals surface area contributed by atoms with Crippen molar-refractivity contribution in [2.75, 3.05) is 29.4 Å². The predicted molar refractivity (Wildman–Crippen MR) is 102 cm³/mol. The molecule has 10 nitrogen and oxygen atoms in total. The lowest BCUT2D eigenvalue weighted by Crippen LogP contribution is -2.54. The first-order valence-corrected chi connectivity index (χ1v) is 9.61. The summed E-state index contributed by atoms with van der Waals surface area (Å²) in [5, 5.41) is 20.6. The van der Waals surface area contributed by atoms with Crippen LogP contribution in [0.25, 0.3) is 0 Å². The Kier molecular flexibility index (Phi) is 4.98. The monoisotopic (exact) mass is 404 g/mol. The maximum atomic E-state index is 11.6. The number of nitrogens with one attached hydrogen (secondary N) is 1. The molecule has 2 aromatic rings. The molecule has 0 bridgehead atoms. The lowest BCUT2D eigenvalue weighted by molar-refractivity contribution is -0.133. The Morgan fingerprint density at radius 3 is 2.89 bits per heavy atom. The van der Waals surface area contributed by atoms with Crippen molar-refractivity contribution < 1.29 is 19.8 Å². The van der Waals surface area contributed by atoms with Crippen LogP contribution in [0.15, 0.2) is 24.2 Å². The summed E-state index contributed by atoms with van der Waals surface area (Å²) in [5.74, 6) is 0.00379. The van der Waals surface area contributed by atoms with Gasteiger partial charge >= 0.3 is 5.97 Å². The second-order valence-electron chi connectivity index (χ2n) is 6.56. The number of pyridine rings is 1. The van der Waals surface area contributed by atoms with Crippen LogP contribution in [0.2, 0.25) is 0 Å². The van der Waals surface area contributed by atoms with Gasteiger partial charge in [-0.1, -0.05) is 6.92 Å². The normalized spacial score (nSPS) is 19.2. The van der Waals surface area contributed by atoms with E-state index in [4.69, 9.17) is 9.82 Å². The van der Waals surface area contributed by atoms with E-state index in [1.807, 2.05) is 19.9 Å². The van der Waals surface area contributed by atoms with Crippen molar-refractivity contribution in [2.24, 2.45) is 0 Å². The smallest absolute Gasteiger partial charge is 0.336 e. The standard InChI is InChI=1S/C17H20N6O4S/c1-3-19-27-10-5-22(6-10)12-4-9(2)13-14(24)11(16(25)26)7-23(15(13)21-12)17-18-8-20-28-17/h4,7-8,10,14,19,24H,3,5-6H2,1-2H3,(H,25,26). The van der Waals surface area contributed by atoms with Crippen LogP contribution in [0.3, 0.4) is 0 Å². The number of hydrogen-bond acceptors (Lipinski definition) is 10. The Labute approximate surface area is 165 Å². The average Bonchev–Trinajstić information content (AvgIpc) is 3.14. The van der Waals surface area contributed by atoms with Crippen LogP contribution < -0.4 is 15.3 Å². The van der Waals surface area contributed by atoms with E-state index in [0.29, 0.717) is 29.6 Å². The molecule has 0 aromatic carbocycles. The number of aryl methyl sites for hydroxylation is 1. The molecule has 0 amide bonds. The summed E-state index contributed by atoms with van der Waals surface area (Å²) < 4.78 is 3.99. The molecule has 1 unspecified atom stereocenters. The number of hydrogen-bond donors (Lipinski definition) is 3. The van der Waals surface area contributed by atoms with Gasteiger partial charge in [-0.3, -0.25) is 9.74 Å². The molecule has 2 aliphatic heterocycles. The molecule has 11 heteroatoms. The van der Waals surface area contributed by atoms with Crippen LogP contribution in [0, 0.1) is 6.92 Å². The fourth-order valence-electron chi connectivity index (χ4n) is 3.25. The van der Waals surface area contributed by atoms with E-state index >= 15 is 0 Å². The van der Waals surface area contributed by atoms with E-state index in [2.05, 4.69) is 19.7 Å². The zero-order chi connectivity index (χ0) is 19.8. The van der Waals surface area contributed by atoms with Crippen molar-refractivity contribution in [3.8, 4) is 0 Å². The molecule has 4 rings (SSSR count). The lowest BCUT2D eigenvalue weighted by atomic mass is 9.95. The Morgan fingerprint density at radius 2 is 2.25 bits per heavy atom. The Balaban J connectivity index is 1.70. The number of nitrogens with zero attached hydrogens (tertiary/aromatic N) is 5. The van der Waals surface area contributed by atoms with Crippen molar-refractivity contribution in [3.63, 3.8) is 0 Å². The molecule has 2 aliphatic rings. The SMILES string of the molecule is CCNOC1CN(c2cc(C)c3c(n2)N(c2ncns2)C=C(C(=O)O)C3O)C1. The molecule has 0 saturated carbocycles. The molecule has 0 spiro atoms. The number of hydroxylamine groups is 1. The van der Waals surface area contributed by atoms with Gasteiger partial charge in [0.25, 0.3) is 0 Å². The summed E-state index contributed by atoms with van der Waals surface area (Å²) in [6.07, 6.45) is 1.58. The molecule has 1 atom stereocenters. The molecule has 0 radical (unpaired) electrons. The number of fused-ring (bicyclic) bond motifs is 1. The van der Waals surface area contributed by atoms with Gasteiger partial charge in [0.05, 0.1) is 5.57 Å². The molecule has 2 aromatic heterocycles. The van der Waals surface area contributed by atoms with Gasteiger partial charge in [-0.05, 0) is 18.6 Å². The minimum atomic E-state index is -1.26. The fourth-order valence-corrected chi connectivity index (χ4v) is 3.76. The highest BCUT2D eigenvalue weighted by atomic mass is 32.1. The number of aliphatic hydroxyl groups excluding tert-OH is 1. The van der Waals surface area contributed by atoms with Gasteiger partial charge in [0, 0.05) is 42.9 Å². The minimum Gasteiger partial charge on any atom is -0.478 e. The van der Waals surface area contributed by atoms with E-state index in [0.717, 1.165) is 29.5 Å². The third-order valence-corrected chi connectivity index (χ3v) is 5.33. The van der Waals surface area contributed by atoms with E-state index < -0.39 is 12.1 Å². The van der Waals surface area contributed by atoms with Gasteiger partial charge in [-0.2, -0.15) is 4.37 Å². The number of carboxylic acids is 1. The molecule has 1 saturated heterocycles. The first-order valence-electron chi connectivity index (χ1n) is 8.83. The van der Waals surface area contributed by atoms with Gasteiger partial charge in [0.15, 0.2) is 0 Å². The summed E-state index contributed by atoms with van der Waals surface area (Å²) in [5.41, 5.74) is 3.94. The van der Waals surface area contributed by atoms with Gasteiger partial charge in [0.2, 0.25) is 5.13 Å². The van der Waals surface area contributed by atoms with Crippen molar-refractivity contribution in [2.45, 2.75) is 26.1 Å². The molecule has 1 fully saturated rings. The average molecular weight is 404 g/mol. The maximum Gasteiger partial charge on any atom is 0.336 e. The van der Waals surface area contributed by atoms with E-state index in [9.17, 15) is 15.0 Å². The van der Waals surface area contributed by atoms with Crippen molar-refractivity contribution in [1.29, 1.82) is 0 Å². The van der Waals surface area contributed by atoms with Crippen molar-refractivity contribution >= 4 is 34.3 Å². The number of carbonyl (C=O) groups is 1. The van der Waals surface area contributed by atoms with Gasteiger partial charge in [-0.15, -0.1) is 0 Å². The van der Waals surface area contributed by atoms with Gasteiger partial charge in [0.1, 0.15) is 30.2 Å². The van der Waals surface area contributed by atoms with Gasteiger partial charge < -0.3 is 15.1 Å². The lowest BCUT2D eigenvalue weighted by Gasteiger charge is -2.40. The summed E-state index contributed by atoms with van der Waals surface area (Å²) in [6, 6.07) is 1.86. The highest BCUT2D eigenvalue weighted by Gasteiger charge is 2.36. The van der Waals surface area contributed by atoms with Crippen molar-refractivity contribution in [1.82, 2.24) is 19.8 Å². The zero-order valence-corrected chi connectivity index (χ0v) is 16.2. The summed E-state index contributed by atoms with van der Waals surface area (Å²) >= 11 is 1.12. The number of aliphatic carboxylic acids is 1. The topological polar surface area (TPSA) is 124 Å². The number of aliphatic hydroxyl groups is 1. The number of anilines is 3. The highest BCUT2D eigenvalue weighted by Crippen LogP contribution is 2.42. The Bertz CT molecular complexity index is 913. The Morgan fingerprint density at radius 1 is 1.46 bits per heavy atom. The van der Waals surface area contributed by atoms with Gasteiger partial charge in [-0.25, -0.2) is 20.2 Å². The second-order valence-corrected chi connectivity index (χ2v) is 7.32. The quantitative estimate of drug-likeness (QED) is 0.603. The molecular weight excluding hydrogens is 384 g/mol. The van der Waals surface area contributed by atoms with Crippen LogP contribution in [0.4, 0.5) is 16.8 Å². The molecule has 148 valence electrons. The third-order valence-electron chi connectivity index (χ3n) is 4.67.